The van der Waals surface area contributed by atoms with Crippen molar-refractivity contribution in [3.63, 3.8) is 0 Å². The third kappa shape index (κ3) is 2.38. The van der Waals surface area contributed by atoms with Gasteiger partial charge in [0.2, 0.25) is 34.8 Å². The fraction of sp³-hybridized carbons (Fsp3) is 0.0769. The van der Waals surface area contributed by atoms with E-state index in [4.69, 9.17) is 0 Å². The van der Waals surface area contributed by atoms with Gasteiger partial charge in [-0.1, -0.05) is 0 Å². The molecule has 0 radical (unpaired) electrons. The first-order chi connectivity index (χ1) is 9.31. The summed E-state index contributed by atoms with van der Waals surface area (Å²) < 4.78 is 70.2. The van der Waals surface area contributed by atoms with Crippen molar-refractivity contribution in [2.45, 2.75) is 6.92 Å². The highest BCUT2D eigenvalue weighted by Crippen LogP contribution is 2.34. The van der Waals surface area contributed by atoms with E-state index in [9.17, 15) is 27.1 Å². The second kappa shape index (κ2) is 4.99. The van der Waals surface area contributed by atoms with Gasteiger partial charge in [-0.05, 0) is 24.6 Å². The highest BCUT2D eigenvalue weighted by molar-refractivity contribution is 5.41. The van der Waals surface area contributed by atoms with Gasteiger partial charge in [-0.2, -0.15) is 8.78 Å². The third-order valence-electron chi connectivity index (χ3n) is 2.43. The fourth-order valence-electron chi connectivity index (χ4n) is 1.58. The summed E-state index contributed by atoms with van der Waals surface area (Å²) in [4.78, 5) is 0. The maximum Gasteiger partial charge on any atom is 0.207 e. The van der Waals surface area contributed by atoms with Crippen molar-refractivity contribution >= 4 is 0 Å². The molecule has 0 saturated carbocycles. The topological polar surface area (TPSA) is 29.5 Å². The van der Waals surface area contributed by atoms with Crippen molar-refractivity contribution in [2.24, 2.45) is 0 Å². The Morgan fingerprint density at radius 2 is 1.30 bits per heavy atom. The van der Waals surface area contributed by atoms with Crippen molar-refractivity contribution in [2.75, 3.05) is 0 Å². The van der Waals surface area contributed by atoms with Gasteiger partial charge in [0, 0.05) is 6.07 Å². The number of hydrogen-bond donors (Lipinski definition) is 1. The lowest BCUT2D eigenvalue weighted by Gasteiger charge is -2.10. The molecule has 20 heavy (non-hydrogen) atoms. The first-order valence-corrected chi connectivity index (χ1v) is 5.31. The van der Waals surface area contributed by atoms with E-state index in [0.717, 1.165) is 6.07 Å². The number of rotatable bonds is 2. The van der Waals surface area contributed by atoms with Gasteiger partial charge in [-0.15, -0.1) is 0 Å². The Kier molecular flexibility index (Phi) is 3.52. The molecule has 0 aromatic heterocycles. The lowest BCUT2D eigenvalue weighted by atomic mass is 10.2. The van der Waals surface area contributed by atoms with Crippen molar-refractivity contribution in [3.05, 3.63) is 52.8 Å². The Bertz CT molecular complexity index is 636. The number of halogens is 5. The first kappa shape index (κ1) is 14.1. The van der Waals surface area contributed by atoms with Crippen LogP contribution >= 0.6 is 0 Å². The van der Waals surface area contributed by atoms with Crippen molar-refractivity contribution in [1.82, 2.24) is 0 Å². The maximum absolute atomic E-state index is 13.4. The van der Waals surface area contributed by atoms with E-state index in [0.29, 0.717) is 5.56 Å². The first-order valence-electron chi connectivity index (χ1n) is 5.31. The van der Waals surface area contributed by atoms with Crippen LogP contribution in [0.4, 0.5) is 22.0 Å². The molecule has 106 valence electrons. The van der Waals surface area contributed by atoms with Gasteiger partial charge in [0.25, 0.3) is 0 Å². The third-order valence-corrected chi connectivity index (χ3v) is 2.43. The van der Waals surface area contributed by atoms with Crippen LogP contribution in [0.25, 0.3) is 0 Å². The minimum absolute atomic E-state index is 0.259. The van der Waals surface area contributed by atoms with Gasteiger partial charge in [-0.25, -0.2) is 13.2 Å². The Morgan fingerprint density at radius 1 is 0.800 bits per heavy atom. The number of benzene rings is 2. The second-order valence-corrected chi connectivity index (χ2v) is 4.01. The van der Waals surface area contributed by atoms with Gasteiger partial charge < -0.3 is 9.84 Å². The molecule has 0 unspecified atom stereocenters. The zero-order valence-electron chi connectivity index (χ0n) is 9.98. The molecule has 0 saturated heterocycles. The standard InChI is InChI=1S/C13H7F5O2/c1-5-2-6(19)4-7(3-5)20-13-11(17)9(15)8(14)10(16)12(13)18/h2-4,19H,1H3. The molecule has 0 heterocycles. The predicted octanol–water partition coefficient (Wildman–Crippen LogP) is 4.19. The quantitative estimate of drug-likeness (QED) is 0.510. The Hall–Kier alpha value is -2.31. The van der Waals surface area contributed by atoms with Gasteiger partial charge in [-0.3, -0.25) is 0 Å². The Balaban J connectivity index is 2.54. The van der Waals surface area contributed by atoms with Crippen LogP contribution in [0.1, 0.15) is 5.56 Å². The molecule has 0 atom stereocenters. The lowest BCUT2D eigenvalue weighted by Crippen LogP contribution is -2.04. The minimum Gasteiger partial charge on any atom is -0.508 e. The summed E-state index contributed by atoms with van der Waals surface area (Å²) >= 11 is 0. The highest BCUT2D eigenvalue weighted by Gasteiger charge is 2.27. The van der Waals surface area contributed by atoms with Crippen LogP contribution in [-0.2, 0) is 0 Å². The van der Waals surface area contributed by atoms with Crippen LogP contribution in [0.15, 0.2) is 18.2 Å². The van der Waals surface area contributed by atoms with E-state index in [1.807, 2.05) is 0 Å². The molecule has 0 aliphatic heterocycles. The molecule has 2 aromatic rings. The summed E-state index contributed by atoms with van der Waals surface area (Å²) in [5, 5.41) is 9.29. The molecule has 0 fully saturated rings. The highest BCUT2D eigenvalue weighted by atomic mass is 19.2. The van der Waals surface area contributed by atoms with E-state index < -0.39 is 34.8 Å². The van der Waals surface area contributed by atoms with Crippen LogP contribution in [0.3, 0.4) is 0 Å². The number of aromatic hydroxyl groups is 1. The monoisotopic (exact) mass is 290 g/mol. The normalized spacial score (nSPS) is 10.7. The Morgan fingerprint density at radius 3 is 1.80 bits per heavy atom. The molecule has 2 aromatic carbocycles. The Labute approximate surface area is 110 Å². The van der Waals surface area contributed by atoms with E-state index in [2.05, 4.69) is 4.74 Å². The lowest BCUT2D eigenvalue weighted by molar-refractivity contribution is 0.331. The summed E-state index contributed by atoms with van der Waals surface area (Å²) in [6.45, 7) is 1.55. The van der Waals surface area contributed by atoms with Crippen molar-refractivity contribution < 1.29 is 31.8 Å². The summed E-state index contributed by atoms with van der Waals surface area (Å²) in [5.41, 5.74) is 0.476. The number of phenols is 1. The number of phenolic OH excluding ortho intramolecular Hbond substituents is 1. The largest absolute Gasteiger partial charge is 0.508 e. The molecular formula is C13H7F5O2. The van der Waals surface area contributed by atoms with E-state index >= 15 is 0 Å². The van der Waals surface area contributed by atoms with Crippen molar-refractivity contribution in [3.8, 4) is 17.2 Å². The van der Waals surface area contributed by atoms with Gasteiger partial charge in [0.15, 0.2) is 0 Å². The molecule has 0 bridgehead atoms. The molecule has 7 heteroatoms. The van der Waals surface area contributed by atoms with Crippen LogP contribution < -0.4 is 4.74 Å². The number of hydrogen-bond acceptors (Lipinski definition) is 2. The maximum atomic E-state index is 13.4. The number of aryl methyl sites for hydroxylation is 1. The predicted molar refractivity (Wildman–Crippen MR) is 59.1 cm³/mol. The second-order valence-electron chi connectivity index (χ2n) is 4.01. The molecule has 0 spiro atoms. The smallest absolute Gasteiger partial charge is 0.207 e. The number of ether oxygens (including phenoxy) is 1. The van der Waals surface area contributed by atoms with Crippen LogP contribution in [0, 0.1) is 36.0 Å². The van der Waals surface area contributed by atoms with Crippen LogP contribution in [0.5, 0.6) is 17.2 Å². The van der Waals surface area contributed by atoms with Crippen LogP contribution in [0.2, 0.25) is 0 Å². The minimum atomic E-state index is -2.26. The van der Waals surface area contributed by atoms with E-state index in [1.54, 1.807) is 6.92 Å². The summed E-state index contributed by atoms with van der Waals surface area (Å²) in [6, 6.07) is 3.56. The summed E-state index contributed by atoms with van der Waals surface area (Å²) in [7, 11) is 0. The zero-order chi connectivity index (χ0) is 15.0. The summed E-state index contributed by atoms with van der Waals surface area (Å²) in [5.74, 6) is -12.6. The molecule has 2 nitrogen and oxygen atoms in total. The average Bonchev–Trinajstić information content (AvgIpc) is 2.38. The summed E-state index contributed by atoms with van der Waals surface area (Å²) in [6.07, 6.45) is 0. The van der Waals surface area contributed by atoms with Gasteiger partial charge in [0.1, 0.15) is 11.5 Å². The molecule has 0 aliphatic carbocycles. The van der Waals surface area contributed by atoms with Gasteiger partial charge >= 0.3 is 0 Å². The van der Waals surface area contributed by atoms with Crippen LogP contribution in [-0.4, -0.2) is 5.11 Å². The molecular weight excluding hydrogens is 283 g/mol. The van der Waals surface area contributed by atoms with Gasteiger partial charge in [0.05, 0.1) is 0 Å². The fourth-order valence-corrected chi connectivity index (χ4v) is 1.58. The SMILES string of the molecule is Cc1cc(O)cc(Oc2c(F)c(F)c(F)c(F)c2F)c1. The average molecular weight is 290 g/mol. The van der Waals surface area contributed by atoms with E-state index in [1.165, 1.54) is 12.1 Å². The molecule has 0 aliphatic rings. The zero-order valence-corrected chi connectivity index (χ0v) is 9.98. The molecule has 1 N–H and O–H groups in total. The van der Waals surface area contributed by atoms with E-state index in [-0.39, 0.29) is 11.5 Å². The molecule has 2 rings (SSSR count). The molecule has 0 amide bonds. The van der Waals surface area contributed by atoms with Crippen molar-refractivity contribution in [1.29, 1.82) is 0 Å².